The summed E-state index contributed by atoms with van der Waals surface area (Å²) in [5.74, 6) is 0. The molecule has 0 fully saturated rings. The lowest BCUT2D eigenvalue weighted by Crippen LogP contribution is -2.29. The van der Waals surface area contributed by atoms with Crippen LogP contribution >= 0.6 is 0 Å². The molecule has 0 bridgehead atoms. The number of benzene rings is 11. The Kier molecular flexibility index (Phi) is 10.8. The van der Waals surface area contributed by atoms with Gasteiger partial charge in [-0.15, -0.1) is 0 Å². The van der Waals surface area contributed by atoms with E-state index in [9.17, 15) is 0 Å². The van der Waals surface area contributed by atoms with E-state index >= 15 is 0 Å². The van der Waals surface area contributed by atoms with Gasteiger partial charge < -0.3 is 4.90 Å². The monoisotopic (exact) mass is 963 g/mol. The zero-order valence-corrected chi connectivity index (χ0v) is 43.8. The summed E-state index contributed by atoms with van der Waals surface area (Å²) in [5, 5.41) is 2.49. The van der Waals surface area contributed by atoms with Crippen LogP contribution in [-0.4, -0.2) is 0 Å². The van der Waals surface area contributed by atoms with E-state index in [1.807, 2.05) is 0 Å². The number of nitrogens with zero attached hydrogens (tertiary/aromatic N) is 1. The molecule has 11 aromatic rings. The van der Waals surface area contributed by atoms with Gasteiger partial charge in [0.05, 0.1) is 10.8 Å². The third-order valence-electron chi connectivity index (χ3n) is 16.6. The first kappa shape index (κ1) is 46.3. The average molecular weight is 964 g/mol. The molecule has 1 nitrogen and oxygen atoms in total. The minimum Gasteiger partial charge on any atom is -0.310 e. The summed E-state index contributed by atoms with van der Waals surface area (Å²) >= 11 is 0. The standard InChI is InChI=1S/C74H61N/c1-71(2,3)52-34-38-56(39-35-52)73(54-22-9-7-10-23-54)67-30-17-15-27-63(67)65-46-44-59(48-69(65)73)75(58-42-32-51(33-43-58)62-29-19-21-50-20-13-14-26-61(50)62)60-45-47-66-64-28-16-18-31-68(64)74(70(66)49-60,55-24-11-8-12-25-55)57-40-36-53(37-41-57)72(4,5)6/h7-49H,1-6H3. The lowest BCUT2D eigenvalue weighted by Gasteiger charge is -2.36. The molecule has 11 aromatic carbocycles. The van der Waals surface area contributed by atoms with Gasteiger partial charge in [0.25, 0.3) is 0 Å². The van der Waals surface area contributed by atoms with Crippen LogP contribution in [0, 0.1) is 0 Å². The quantitative estimate of drug-likeness (QED) is 0.147. The summed E-state index contributed by atoms with van der Waals surface area (Å²) in [6, 6.07) is 98.7. The predicted octanol–water partition coefficient (Wildman–Crippen LogP) is 19.3. The van der Waals surface area contributed by atoms with Gasteiger partial charge in [0, 0.05) is 17.1 Å². The van der Waals surface area contributed by atoms with Crippen LogP contribution in [-0.2, 0) is 21.7 Å². The van der Waals surface area contributed by atoms with Crippen LogP contribution in [0.25, 0.3) is 44.2 Å². The molecule has 75 heavy (non-hydrogen) atoms. The van der Waals surface area contributed by atoms with Crippen molar-refractivity contribution in [3.05, 3.63) is 316 Å². The largest absolute Gasteiger partial charge is 0.310 e. The number of hydrogen-bond acceptors (Lipinski definition) is 1. The Bertz CT molecular complexity index is 3720. The molecule has 0 amide bonds. The van der Waals surface area contributed by atoms with Gasteiger partial charge >= 0.3 is 0 Å². The molecule has 13 rings (SSSR count). The maximum absolute atomic E-state index is 2.51. The van der Waals surface area contributed by atoms with Crippen molar-refractivity contribution in [1.29, 1.82) is 0 Å². The first-order chi connectivity index (χ1) is 36.5. The molecule has 0 saturated carbocycles. The van der Waals surface area contributed by atoms with E-state index in [0.29, 0.717) is 0 Å². The second kappa shape index (κ2) is 17.6. The van der Waals surface area contributed by atoms with Crippen LogP contribution in [0.2, 0.25) is 0 Å². The van der Waals surface area contributed by atoms with E-state index in [0.717, 1.165) is 17.1 Å². The van der Waals surface area contributed by atoms with Gasteiger partial charge in [0.1, 0.15) is 0 Å². The normalized spacial score (nSPS) is 16.5. The fraction of sp³-hybridized carbons (Fsp3) is 0.135. The van der Waals surface area contributed by atoms with Crippen molar-refractivity contribution in [3.63, 3.8) is 0 Å². The molecule has 2 aliphatic rings. The van der Waals surface area contributed by atoms with Gasteiger partial charge in [-0.3, -0.25) is 0 Å². The lowest BCUT2D eigenvalue weighted by molar-refractivity contribution is 0.589. The van der Waals surface area contributed by atoms with Crippen molar-refractivity contribution in [3.8, 4) is 33.4 Å². The van der Waals surface area contributed by atoms with Gasteiger partial charge in [-0.1, -0.05) is 266 Å². The van der Waals surface area contributed by atoms with E-state index in [1.54, 1.807) is 0 Å². The Morgan fingerprint density at radius 2 is 0.653 bits per heavy atom. The first-order valence-corrected chi connectivity index (χ1v) is 26.7. The number of fused-ring (bicyclic) bond motifs is 7. The van der Waals surface area contributed by atoms with E-state index in [4.69, 9.17) is 0 Å². The minimum absolute atomic E-state index is 0.0198. The molecule has 0 spiro atoms. The molecule has 0 N–H and O–H groups in total. The highest BCUT2D eigenvalue weighted by atomic mass is 15.1. The Balaban J connectivity index is 1.07. The number of hydrogen-bond donors (Lipinski definition) is 0. The summed E-state index contributed by atoms with van der Waals surface area (Å²) in [6.07, 6.45) is 0. The van der Waals surface area contributed by atoms with Crippen LogP contribution in [0.1, 0.15) is 97.2 Å². The highest BCUT2D eigenvalue weighted by molar-refractivity contribution is 5.98. The van der Waals surface area contributed by atoms with E-state index < -0.39 is 10.8 Å². The Morgan fingerprint density at radius 3 is 1.13 bits per heavy atom. The van der Waals surface area contributed by atoms with Crippen molar-refractivity contribution in [2.45, 2.75) is 63.2 Å². The fourth-order valence-electron chi connectivity index (χ4n) is 12.9. The maximum atomic E-state index is 2.51. The summed E-state index contributed by atoms with van der Waals surface area (Å²) < 4.78 is 0. The Labute approximate surface area is 443 Å². The zero-order valence-electron chi connectivity index (χ0n) is 43.8. The summed E-state index contributed by atoms with van der Waals surface area (Å²) in [4.78, 5) is 2.51. The highest BCUT2D eigenvalue weighted by Gasteiger charge is 2.48. The zero-order chi connectivity index (χ0) is 51.1. The van der Waals surface area contributed by atoms with Crippen LogP contribution in [0.5, 0.6) is 0 Å². The third kappa shape index (κ3) is 7.27. The smallest absolute Gasteiger partial charge is 0.0714 e. The molecule has 0 heterocycles. The summed E-state index contributed by atoms with van der Waals surface area (Å²) in [6.45, 7) is 13.8. The number of anilines is 3. The molecule has 2 aliphatic carbocycles. The molecule has 0 aromatic heterocycles. The summed E-state index contributed by atoms with van der Waals surface area (Å²) in [7, 11) is 0. The molecule has 0 saturated heterocycles. The van der Waals surface area contributed by atoms with Gasteiger partial charge in [0.2, 0.25) is 0 Å². The van der Waals surface area contributed by atoms with Gasteiger partial charge in [-0.05, 0) is 147 Å². The van der Waals surface area contributed by atoms with E-state index in [1.165, 1.54) is 99.8 Å². The van der Waals surface area contributed by atoms with Crippen LogP contribution in [0.4, 0.5) is 17.1 Å². The second-order valence-corrected chi connectivity index (χ2v) is 22.8. The second-order valence-electron chi connectivity index (χ2n) is 22.8. The van der Waals surface area contributed by atoms with Crippen molar-refractivity contribution < 1.29 is 0 Å². The fourth-order valence-corrected chi connectivity index (χ4v) is 12.9. The molecule has 1 heteroatoms. The molecule has 0 radical (unpaired) electrons. The topological polar surface area (TPSA) is 3.24 Å². The highest BCUT2D eigenvalue weighted by Crippen LogP contribution is 2.60. The van der Waals surface area contributed by atoms with Crippen molar-refractivity contribution in [2.24, 2.45) is 0 Å². The molecular formula is C74H61N. The van der Waals surface area contributed by atoms with E-state index in [2.05, 4.69) is 307 Å². The van der Waals surface area contributed by atoms with Crippen LogP contribution < -0.4 is 4.90 Å². The average Bonchev–Trinajstić information content (AvgIpc) is 4.14. The Morgan fingerprint density at radius 1 is 0.280 bits per heavy atom. The van der Waals surface area contributed by atoms with Crippen LogP contribution in [0.15, 0.2) is 261 Å². The lowest BCUT2D eigenvalue weighted by atomic mass is 9.67. The first-order valence-electron chi connectivity index (χ1n) is 26.7. The molecule has 0 aliphatic heterocycles. The van der Waals surface area contributed by atoms with Gasteiger partial charge in [0.15, 0.2) is 0 Å². The molecular weight excluding hydrogens is 903 g/mol. The van der Waals surface area contributed by atoms with Crippen molar-refractivity contribution >= 4 is 27.8 Å². The van der Waals surface area contributed by atoms with Gasteiger partial charge in [-0.25, -0.2) is 0 Å². The van der Waals surface area contributed by atoms with Crippen molar-refractivity contribution in [1.82, 2.24) is 0 Å². The molecule has 2 atom stereocenters. The minimum atomic E-state index is -0.579. The van der Waals surface area contributed by atoms with Crippen LogP contribution in [0.3, 0.4) is 0 Å². The van der Waals surface area contributed by atoms with Crippen molar-refractivity contribution in [2.75, 3.05) is 4.90 Å². The predicted molar refractivity (Wildman–Crippen MR) is 316 cm³/mol. The number of rotatable bonds is 8. The SMILES string of the molecule is CC(C)(C)c1ccc(C2(c3ccccc3)c3ccccc3-c3ccc(N(c4ccc(-c5cccc6ccccc56)cc4)c4ccc5c(c4)C(c4ccccc4)(c4ccc(C(C)(C)C)cc4)c4ccccc4-5)cc32)cc1. The third-order valence-corrected chi connectivity index (χ3v) is 16.6. The van der Waals surface area contributed by atoms with Gasteiger partial charge in [-0.2, -0.15) is 0 Å². The molecule has 362 valence electrons. The molecule has 2 unspecified atom stereocenters. The Hall–Kier alpha value is -8.52. The maximum Gasteiger partial charge on any atom is 0.0714 e. The summed E-state index contributed by atoms with van der Waals surface area (Å²) in [5.41, 5.74) is 22.5. The van der Waals surface area contributed by atoms with E-state index in [-0.39, 0.29) is 10.8 Å².